The number of rotatable bonds is 4. The summed E-state index contributed by atoms with van der Waals surface area (Å²) in [7, 11) is 1.69. The summed E-state index contributed by atoms with van der Waals surface area (Å²) in [5.74, 6) is 2.75. The van der Waals surface area contributed by atoms with E-state index < -0.39 is 0 Å². The topological polar surface area (TPSA) is 84.6 Å². The van der Waals surface area contributed by atoms with Crippen molar-refractivity contribution in [1.82, 2.24) is 29.8 Å². The zero-order valence-electron chi connectivity index (χ0n) is 16.8. The molecule has 0 bridgehead atoms. The average molecular weight is 382 g/mol. The van der Waals surface area contributed by atoms with Gasteiger partial charge in [0.05, 0.1) is 12.3 Å². The van der Waals surface area contributed by atoms with E-state index in [0.29, 0.717) is 6.61 Å². The van der Waals surface area contributed by atoms with Crippen LogP contribution in [0.3, 0.4) is 0 Å². The second-order valence-corrected chi connectivity index (χ2v) is 8.02. The number of anilines is 2. The van der Waals surface area contributed by atoms with E-state index in [1.807, 2.05) is 18.2 Å². The first-order valence-electron chi connectivity index (χ1n) is 9.48. The Morgan fingerprint density at radius 2 is 1.71 bits per heavy atom. The molecule has 1 aliphatic heterocycles. The summed E-state index contributed by atoms with van der Waals surface area (Å²) in [6.07, 6.45) is 1.63. The minimum Gasteiger partial charge on any atom is -0.378 e. The van der Waals surface area contributed by atoms with Crippen LogP contribution in [0.2, 0.25) is 0 Å². The second-order valence-electron chi connectivity index (χ2n) is 8.02. The Morgan fingerprint density at radius 1 is 1.00 bits per heavy atom. The number of piperazine rings is 1. The third-order valence-corrected chi connectivity index (χ3v) is 4.80. The molecule has 1 aliphatic rings. The smallest absolute Gasteiger partial charge is 0.177 e. The van der Waals surface area contributed by atoms with Crippen LogP contribution in [-0.2, 0) is 16.8 Å². The molecule has 0 spiro atoms. The maximum Gasteiger partial charge on any atom is 0.177 e. The highest BCUT2D eigenvalue weighted by Gasteiger charge is 2.24. The Kier molecular flexibility index (Phi) is 4.84. The number of hydrogen-bond acceptors (Lipinski definition) is 8. The first-order chi connectivity index (χ1) is 13.4. The molecule has 0 radical (unpaired) electrons. The van der Waals surface area contributed by atoms with Crippen molar-refractivity contribution in [3.63, 3.8) is 0 Å². The molecule has 0 N–H and O–H groups in total. The van der Waals surface area contributed by atoms with Crippen LogP contribution in [0.4, 0.5) is 11.6 Å². The average Bonchev–Trinajstić information content (AvgIpc) is 3.15. The number of fused-ring (bicyclic) bond motifs is 1. The lowest BCUT2D eigenvalue weighted by molar-refractivity contribution is 0.181. The summed E-state index contributed by atoms with van der Waals surface area (Å²) >= 11 is 0. The molecule has 0 saturated carbocycles. The lowest BCUT2D eigenvalue weighted by atomic mass is 9.95. The first kappa shape index (κ1) is 18.5. The van der Waals surface area contributed by atoms with Crippen LogP contribution in [0, 0.1) is 0 Å². The molecule has 3 aromatic rings. The Hall–Kier alpha value is -2.81. The van der Waals surface area contributed by atoms with Crippen LogP contribution in [0.15, 0.2) is 24.5 Å². The molecule has 3 aromatic heterocycles. The lowest BCUT2D eigenvalue weighted by Crippen LogP contribution is -2.47. The molecule has 0 aromatic carbocycles. The molecular formula is C19H26N8O. The maximum absolute atomic E-state index is 5.30. The van der Waals surface area contributed by atoms with Crippen molar-refractivity contribution in [2.24, 2.45) is 0 Å². The van der Waals surface area contributed by atoms with Gasteiger partial charge < -0.3 is 14.5 Å². The molecule has 4 heterocycles. The molecular weight excluding hydrogens is 356 g/mol. The van der Waals surface area contributed by atoms with Gasteiger partial charge >= 0.3 is 0 Å². The largest absolute Gasteiger partial charge is 0.378 e. The molecule has 0 unspecified atom stereocenters. The predicted molar refractivity (Wildman–Crippen MR) is 107 cm³/mol. The highest BCUT2D eigenvalue weighted by molar-refractivity contribution is 5.48. The van der Waals surface area contributed by atoms with Crippen LogP contribution in [0.25, 0.3) is 5.65 Å². The van der Waals surface area contributed by atoms with Crippen molar-refractivity contribution in [2.75, 3.05) is 43.1 Å². The van der Waals surface area contributed by atoms with Gasteiger partial charge in [-0.25, -0.2) is 9.97 Å². The molecule has 0 amide bonds. The molecule has 4 rings (SSSR count). The maximum atomic E-state index is 5.30. The van der Waals surface area contributed by atoms with Crippen LogP contribution < -0.4 is 9.80 Å². The fraction of sp³-hybridized carbons (Fsp3) is 0.526. The van der Waals surface area contributed by atoms with E-state index in [2.05, 4.69) is 50.9 Å². The van der Waals surface area contributed by atoms with E-state index in [4.69, 9.17) is 9.72 Å². The van der Waals surface area contributed by atoms with Crippen molar-refractivity contribution in [3.05, 3.63) is 36.0 Å². The van der Waals surface area contributed by atoms with Crippen LogP contribution in [0.1, 0.15) is 32.3 Å². The SMILES string of the molecule is COCc1cc(N2CCN(c3ccc4nncn4n3)CC2)nc(C(C)(C)C)n1. The monoisotopic (exact) mass is 382 g/mol. The van der Waals surface area contributed by atoms with Crippen LogP contribution in [-0.4, -0.2) is 63.1 Å². The summed E-state index contributed by atoms with van der Waals surface area (Å²) in [6, 6.07) is 5.98. The van der Waals surface area contributed by atoms with Crippen molar-refractivity contribution in [1.29, 1.82) is 0 Å². The zero-order chi connectivity index (χ0) is 19.7. The van der Waals surface area contributed by atoms with Crippen molar-refractivity contribution in [2.45, 2.75) is 32.8 Å². The standard InChI is InChI=1S/C19H26N8O/c1-19(2,3)18-21-14(12-28-4)11-17(22-18)26-9-7-25(8-10-26)16-6-5-15-23-20-13-27(15)24-16/h5-6,11,13H,7-10,12H2,1-4H3. The van der Waals surface area contributed by atoms with Crippen molar-refractivity contribution in [3.8, 4) is 0 Å². The fourth-order valence-electron chi connectivity index (χ4n) is 3.25. The molecule has 1 fully saturated rings. The van der Waals surface area contributed by atoms with Gasteiger partial charge in [-0.05, 0) is 12.1 Å². The lowest BCUT2D eigenvalue weighted by Gasteiger charge is -2.36. The number of ether oxygens (including phenoxy) is 1. The van der Waals surface area contributed by atoms with E-state index in [9.17, 15) is 0 Å². The Labute approximate surface area is 164 Å². The van der Waals surface area contributed by atoms with Crippen LogP contribution >= 0.6 is 0 Å². The summed E-state index contributed by atoms with van der Waals surface area (Å²) in [6.45, 7) is 10.4. The summed E-state index contributed by atoms with van der Waals surface area (Å²) in [5.41, 5.74) is 1.56. The minimum atomic E-state index is -0.113. The van der Waals surface area contributed by atoms with Gasteiger partial charge in [-0.1, -0.05) is 20.8 Å². The second kappa shape index (κ2) is 7.31. The van der Waals surface area contributed by atoms with Crippen LogP contribution in [0.5, 0.6) is 0 Å². The van der Waals surface area contributed by atoms with Crippen molar-refractivity contribution >= 4 is 17.3 Å². The van der Waals surface area contributed by atoms with Gasteiger partial charge in [-0.2, -0.15) is 4.52 Å². The highest BCUT2D eigenvalue weighted by atomic mass is 16.5. The van der Waals surface area contributed by atoms with E-state index >= 15 is 0 Å². The molecule has 28 heavy (non-hydrogen) atoms. The number of hydrogen-bond donors (Lipinski definition) is 0. The third kappa shape index (κ3) is 3.75. The molecule has 0 atom stereocenters. The molecule has 0 aliphatic carbocycles. The Balaban J connectivity index is 1.52. The minimum absolute atomic E-state index is 0.113. The molecule has 9 nitrogen and oxygen atoms in total. The quantitative estimate of drug-likeness (QED) is 0.674. The van der Waals surface area contributed by atoms with E-state index in [1.165, 1.54) is 0 Å². The molecule has 1 saturated heterocycles. The Morgan fingerprint density at radius 3 is 2.39 bits per heavy atom. The predicted octanol–water partition coefficient (Wildman–Crippen LogP) is 1.68. The summed E-state index contributed by atoms with van der Waals surface area (Å²) < 4.78 is 7.01. The van der Waals surface area contributed by atoms with Gasteiger partial charge in [0.1, 0.15) is 23.8 Å². The van der Waals surface area contributed by atoms with Gasteiger partial charge in [0.2, 0.25) is 0 Å². The Bertz CT molecular complexity index is 956. The van der Waals surface area contributed by atoms with E-state index in [0.717, 1.165) is 55.0 Å². The number of aromatic nitrogens is 6. The van der Waals surface area contributed by atoms with E-state index in [-0.39, 0.29) is 5.41 Å². The van der Waals surface area contributed by atoms with Gasteiger partial charge in [0.25, 0.3) is 0 Å². The van der Waals surface area contributed by atoms with Gasteiger partial charge in [0.15, 0.2) is 5.65 Å². The van der Waals surface area contributed by atoms with E-state index in [1.54, 1.807) is 18.0 Å². The molecule has 9 heteroatoms. The van der Waals surface area contributed by atoms with Gasteiger partial charge in [-0.3, -0.25) is 0 Å². The first-order valence-corrected chi connectivity index (χ1v) is 9.48. The summed E-state index contributed by atoms with van der Waals surface area (Å²) in [5, 5.41) is 12.5. The van der Waals surface area contributed by atoms with Crippen molar-refractivity contribution < 1.29 is 4.74 Å². The van der Waals surface area contributed by atoms with Gasteiger partial charge in [0, 0.05) is 44.8 Å². The number of methoxy groups -OCH3 is 1. The fourth-order valence-corrected chi connectivity index (χ4v) is 3.25. The third-order valence-electron chi connectivity index (χ3n) is 4.80. The summed E-state index contributed by atoms with van der Waals surface area (Å²) in [4.78, 5) is 14.1. The zero-order valence-corrected chi connectivity index (χ0v) is 16.8. The highest BCUT2D eigenvalue weighted by Crippen LogP contribution is 2.24. The normalized spacial score (nSPS) is 15.4. The number of nitrogens with zero attached hydrogens (tertiary/aromatic N) is 8. The van der Waals surface area contributed by atoms with Gasteiger partial charge in [-0.15, -0.1) is 15.3 Å². The molecule has 148 valence electrons.